The van der Waals surface area contributed by atoms with Gasteiger partial charge < -0.3 is 0 Å². The second kappa shape index (κ2) is 10.6. The van der Waals surface area contributed by atoms with Crippen molar-refractivity contribution in [3.63, 3.8) is 0 Å². The monoisotopic (exact) mass is 440 g/mol. The van der Waals surface area contributed by atoms with Crippen LogP contribution in [0.4, 0.5) is 0 Å². The van der Waals surface area contributed by atoms with Gasteiger partial charge in [-0.15, -0.1) is 6.58 Å². The molecule has 0 N–H and O–H groups in total. The maximum absolute atomic E-state index is 4.23. The van der Waals surface area contributed by atoms with Crippen LogP contribution in [0.5, 0.6) is 0 Å². The summed E-state index contributed by atoms with van der Waals surface area (Å²) in [5.74, 6) is 10.2. The van der Waals surface area contributed by atoms with Crippen molar-refractivity contribution in [1.82, 2.24) is 0 Å². The molecule has 0 bridgehead atoms. The molecule has 0 heterocycles. The average molecular weight is 441 g/mol. The summed E-state index contributed by atoms with van der Waals surface area (Å²) in [7, 11) is 0. The average Bonchev–Trinajstić information content (AvgIpc) is 3.65. The lowest BCUT2D eigenvalue weighted by molar-refractivity contribution is -0.0880. The van der Waals surface area contributed by atoms with E-state index >= 15 is 0 Å². The molecule has 4 aliphatic carbocycles. The second-order valence-corrected chi connectivity index (χ2v) is 13.2. The molecule has 0 nitrogen and oxygen atoms in total. The van der Waals surface area contributed by atoms with E-state index in [1.54, 1.807) is 32.1 Å². The zero-order valence-electron chi connectivity index (χ0n) is 22.5. The van der Waals surface area contributed by atoms with Gasteiger partial charge in [0.15, 0.2) is 0 Å². The first-order valence-electron chi connectivity index (χ1n) is 15.1. The van der Waals surface area contributed by atoms with Crippen molar-refractivity contribution < 1.29 is 0 Å². The summed E-state index contributed by atoms with van der Waals surface area (Å²) in [5, 5.41) is 0. The maximum atomic E-state index is 4.23. The SMILES string of the molecule is C=CC(CCCC)CC1CC(CC)C1CC1(C2C(C)C2C)CCC1C1CC1CCCCC. The predicted octanol–water partition coefficient (Wildman–Crippen LogP) is 9.94. The van der Waals surface area contributed by atoms with Crippen LogP contribution in [-0.4, -0.2) is 0 Å². The van der Waals surface area contributed by atoms with Crippen molar-refractivity contribution >= 4 is 0 Å². The minimum absolute atomic E-state index is 0.743. The van der Waals surface area contributed by atoms with Gasteiger partial charge in [0.25, 0.3) is 0 Å². The first-order chi connectivity index (χ1) is 15.5. The van der Waals surface area contributed by atoms with E-state index in [2.05, 4.69) is 47.3 Å². The second-order valence-electron chi connectivity index (χ2n) is 13.2. The van der Waals surface area contributed by atoms with E-state index in [9.17, 15) is 0 Å². The molecular weight excluding hydrogens is 384 g/mol. The zero-order valence-corrected chi connectivity index (χ0v) is 22.5. The van der Waals surface area contributed by atoms with Crippen molar-refractivity contribution in [3.05, 3.63) is 12.7 Å². The van der Waals surface area contributed by atoms with E-state index in [1.807, 2.05) is 0 Å². The third-order valence-corrected chi connectivity index (χ3v) is 11.6. The molecular formula is C32H56. The lowest BCUT2D eigenvalue weighted by atomic mass is 9.47. The van der Waals surface area contributed by atoms with Crippen LogP contribution in [0, 0.1) is 64.6 Å². The number of hydrogen-bond acceptors (Lipinski definition) is 0. The molecule has 0 radical (unpaired) electrons. The van der Waals surface area contributed by atoms with Crippen LogP contribution in [0.1, 0.15) is 125 Å². The van der Waals surface area contributed by atoms with E-state index in [4.69, 9.17) is 0 Å². The Bertz CT molecular complexity index is 597. The molecule has 0 aromatic rings. The molecule has 0 spiro atoms. The topological polar surface area (TPSA) is 0 Å². The fourth-order valence-corrected chi connectivity index (χ4v) is 9.21. The minimum atomic E-state index is 0.743. The van der Waals surface area contributed by atoms with Crippen LogP contribution in [0.2, 0.25) is 0 Å². The lowest BCUT2D eigenvalue weighted by Crippen LogP contribution is -2.50. The fraction of sp³-hybridized carbons (Fsp3) is 0.938. The van der Waals surface area contributed by atoms with E-state index in [0.29, 0.717) is 0 Å². The van der Waals surface area contributed by atoms with Crippen LogP contribution in [0.3, 0.4) is 0 Å². The van der Waals surface area contributed by atoms with Gasteiger partial charge >= 0.3 is 0 Å². The fourth-order valence-electron chi connectivity index (χ4n) is 9.21. The summed E-state index contributed by atoms with van der Waals surface area (Å²) in [5.41, 5.74) is 0.743. The van der Waals surface area contributed by atoms with Crippen molar-refractivity contribution in [2.45, 2.75) is 125 Å². The number of hydrogen-bond donors (Lipinski definition) is 0. The van der Waals surface area contributed by atoms with Crippen LogP contribution in [0.25, 0.3) is 0 Å². The number of allylic oxidation sites excluding steroid dienone is 1. The van der Waals surface area contributed by atoms with Crippen LogP contribution < -0.4 is 0 Å². The maximum Gasteiger partial charge on any atom is -0.0230 e. The zero-order chi connectivity index (χ0) is 22.9. The molecule has 0 aromatic carbocycles. The third kappa shape index (κ3) is 4.77. The summed E-state index contributed by atoms with van der Waals surface area (Å²) in [6.07, 6.45) is 23.0. The molecule has 0 aliphatic heterocycles. The predicted molar refractivity (Wildman–Crippen MR) is 141 cm³/mol. The van der Waals surface area contributed by atoms with E-state index in [0.717, 1.165) is 64.6 Å². The van der Waals surface area contributed by atoms with Gasteiger partial charge in [0.05, 0.1) is 0 Å². The Kier molecular flexibility index (Phi) is 8.20. The molecule has 4 saturated carbocycles. The molecule has 0 aromatic heterocycles. The third-order valence-electron chi connectivity index (χ3n) is 11.6. The summed E-state index contributed by atoms with van der Waals surface area (Å²) in [6.45, 7) is 16.6. The first kappa shape index (κ1) is 24.9. The highest BCUT2D eigenvalue weighted by atomic mass is 14.7. The van der Waals surface area contributed by atoms with E-state index in [1.165, 1.54) is 57.8 Å². The number of unbranched alkanes of at least 4 members (excludes halogenated alkanes) is 3. The molecule has 0 amide bonds. The standard InChI is InChI=1S/C32H56/c1-7-11-13-15-26-20-28(26)30-16-17-32(30,31-22(5)23(31)6)21-29-25(10-4)19-27(29)18-24(9-3)14-12-8-2/h9,22-31H,3,7-8,10-21H2,1-2,4-6H3. The Labute approximate surface area is 201 Å². The molecule has 0 heteroatoms. The van der Waals surface area contributed by atoms with E-state index in [-0.39, 0.29) is 0 Å². The van der Waals surface area contributed by atoms with Crippen molar-refractivity contribution in [2.24, 2.45) is 64.6 Å². The van der Waals surface area contributed by atoms with Gasteiger partial charge in [0, 0.05) is 0 Å². The van der Waals surface area contributed by atoms with Gasteiger partial charge in [-0.3, -0.25) is 0 Å². The molecule has 10 atom stereocenters. The van der Waals surface area contributed by atoms with Crippen LogP contribution in [-0.2, 0) is 0 Å². The van der Waals surface area contributed by atoms with Crippen molar-refractivity contribution in [2.75, 3.05) is 0 Å². The Morgan fingerprint density at radius 2 is 1.69 bits per heavy atom. The normalized spacial score (nSPS) is 45.6. The molecule has 4 rings (SSSR count). The van der Waals surface area contributed by atoms with Crippen molar-refractivity contribution in [1.29, 1.82) is 0 Å². The van der Waals surface area contributed by atoms with Gasteiger partial charge in [0.2, 0.25) is 0 Å². The highest BCUT2D eigenvalue weighted by molar-refractivity contribution is 5.15. The molecule has 4 fully saturated rings. The molecule has 0 saturated heterocycles. The number of rotatable bonds is 15. The summed E-state index contributed by atoms with van der Waals surface area (Å²) in [6, 6.07) is 0. The van der Waals surface area contributed by atoms with Gasteiger partial charge in [0.1, 0.15) is 0 Å². The largest absolute Gasteiger partial charge is 0.103 e. The lowest BCUT2D eigenvalue weighted by Gasteiger charge is -2.58. The Balaban J connectivity index is 1.42. The Morgan fingerprint density at radius 1 is 0.938 bits per heavy atom. The van der Waals surface area contributed by atoms with E-state index < -0.39 is 0 Å². The Hall–Kier alpha value is -0.260. The van der Waals surface area contributed by atoms with Gasteiger partial charge in [-0.25, -0.2) is 0 Å². The summed E-state index contributed by atoms with van der Waals surface area (Å²) < 4.78 is 0. The van der Waals surface area contributed by atoms with Crippen LogP contribution >= 0.6 is 0 Å². The first-order valence-corrected chi connectivity index (χ1v) is 15.1. The molecule has 4 aliphatic rings. The quantitative estimate of drug-likeness (QED) is 0.175. The molecule has 10 unspecified atom stereocenters. The van der Waals surface area contributed by atoms with Crippen molar-refractivity contribution in [3.8, 4) is 0 Å². The smallest absolute Gasteiger partial charge is 0.0230 e. The summed E-state index contributed by atoms with van der Waals surface area (Å²) >= 11 is 0. The highest BCUT2D eigenvalue weighted by Gasteiger charge is 2.67. The van der Waals surface area contributed by atoms with Gasteiger partial charge in [-0.1, -0.05) is 85.6 Å². The van der Waals surface area contributed by atoms with Crippen LogP contribution in [0.15, 0.2) is 12.7 Å². The Morgan fingerprint density at radius 3 is 2.25 bits per heavy atom. The summed E-state index contributed by atoms with van der Waals surface area (Å²) in [4.78, 5) is 0. The van der Waals surface area contributed by atoms with Gasteiger partial charge in [-0.2, -0.15) is 0 Å². The molecule has 184 valence electrons. The minimum Gasteiger partial charge on any atom is -0.103 e. The highest BCUT2D eigenvalue weighted by Crippen LogP contribution is 2.74. The molecule has 32 heavy (non-hydrogen) atoms. The van der Waals surface area contributed by atoms with Gasteiger partial charge in [-0.05, 0) is 110 Å².